The lowest BCUT2D eigenvalue weighted by atomic mass is 9.95. The van der Waals surface area contributed by atoms with E-state index in [1.807, 2.05) is 19.1 Å². The second-order valence-electron chi connectivity index (χ2n) is 9.58. The van der Waals surface area contributed by atoms with Crippen molar-refractivity contribution >= 4 is 35.2 Å². The van der Waals surface area contributed by atoms with Crippen molar-refractivity contribution in [3.8, 4) is 11.5 Å². The van der Waals surface area contributed by atoms with Crippen molar-refractivity contribution < 1.29 is 37.7 Å². The van der Waals surface area contributed by atoms with Crippen molar-refractivity contribution in [2.24, 2.45) is 4.99 Å². The Bertz CT molecular complexity index is 1710. The molecule has 2 aliphatic rings. The number of anilines is 1. The van der Waals surface area contributed by atoms with Crippen LogP contribution in [0.5, 0.6) is 11.5 Å². The van der Waals surface area contributed by atoms with Gasteiger partial charge in [0.15, 0.2) is 28.8 Å². The maximum atomic E-state index is 14.0. The first-order chi connectivity index (χ1) is 20.8. The Morgan fingerprint density at radius 1 is 1.09 bits per heavy atom. The molecule has 12 nitrogen and oxygen atoms in total. The second kappa shape index (κ2) is 13.3. The number of morpholine rings is 1. The number of allylic oxidation sites excluding steroid dienone is 1. The molecule has 0 bridgehead atoms. The summed E-state index contributed by atoms with van der Waals surface area (Å²) in [5, 5.41) is 0. The van der Waals surface area contributed by atoms with Gasteiger partial charge in [-0.3, -0.25) is 9.36 Å². The van der Waals surface area contributed by atoms with Gasteiger partial charge in [-0.1, -0.05) is 17.4 Å². The number of fused-ring (bicyclic) bond motifs is 1. The topological polar surface area (TPSA) is 131 Å². The number of methoxy groups -OCH3 is 1. The van der Waals surface area contributed by atoms with E-state index in [-0.39, 0.29) is 24.3 Å². The molecule has 0 amide bonds. The summed E-state index contributed by atoms with van der Waals surface area (Å²) in [5.74, 6) is 0.767. The highest BCUT2D eigenvalue weighted by Gasteiger charge is 2.34. The Labute approximate surface area is 251 Å². The first-order valence-corrected chi connectivity index (χ1v) is 14.7. The summed E-state index contributed by atoms with van der Waals surface area (Å²) in [5.41, 5.74) is 0.912. The Hall–Kier alpha value is -4.36. The monoisotopic (exact) mass is 611 g/mol. The molecule has 1 atom stereocenters. The molecule has 2 aliphatic heterocycles. The highest BCUT2D eigenvalue weighted by molar-refractivity contribution is 7.07. The summed E-state index contributed by atoms with van der Waals surface area (Å²) in [7, 11) is 1.27. The smallest absolute Gasteiger partial charge is 0.343 e. The molecule has 0 unspecified atom stereocenters. The number of ether oxygens (including phenoxy) is 5. The molecule has 1 aromatic carbocycles. The van der Waals surface area contributed by atoms with Crippen LogP contribution >= 0.6 is 11.3 Å². The van der Waals surface area contributed by atoms with Crippen molar-refractivity contribution in [2.75, 3.05) is 58.1 Å². The fraction of sp³-hybridized carbons (Fsp3) is 0.400. The van der Waals surface area contributed by atoms with E-state index in [1.165, 1.54) is 23.0 Å². The molecule has 0 aliphatic carbocycles. The molecule has 3 aromatic rings. The first-order valence-electron chi connectivity index (χ1n) is 13.9. The van der Waals surface area contributed by atoms with Gasteiger partial charge < -0.3 is 33.0 Å². The van der Waals surface area contributed by atoms with E-state index in [0.717, 1.165) is 13.1 Å². The second-order valence-corrected chi connectivity index (χ2v) is 10.6. The SMILES string of the molecule is CCOC(=O)C1=C(C)N=c2s/c(=C\c3ccc(N4CCOCC4)o3)c(=O)n2[C@H]1c1ccc(OCC(=O)OC)c(OCC)c1. The van der Waals surface area contributed by atoms with E-state index in [0.29, 0.717) is 63.6 Å². The molecule has 5 rings (SSSR count). The van der Waals surface area contributed by atoms with Gasteiger partial charge in [0.05, 0.1) is 55.4 Å². The number of benzene rings is 1. The Morgan fingerprint density at radius 3 is 2.60 bits per heavy atom. The molecule has 0 spiro atoms. The molecule has 0 N–H and O–H groups in total. The van der Waals surface area contributed by atoms with E-state index in [4.69, 9.17) is 23.4 Å². The fourth-order valence-corrected chi connectivity index (χ4v) is 5.91. The predicted molar refractivity (Wildman–Crippen MR) is 157 cm³/mol. The van der Waals surface area contributed by atoms with Gasteiger partial charge in [-0.25, -0.2) is 14.6 Å². The van der Waals surface area contributed by atoms with Crippen LogP contribution in [0.2, 0.25) is 0 Å². The van der Waals surface area contributed by atoms with Gasteiger partial charge in [0, 0.05) is 25.2 Å². The average Bonchev–Trinajstić information content (AvgIpc) is 3.60. The molecular formula is C30H33N3O9S. The third kappa shape index (κ3) is 6.37. The summed E-state index contributed by atoms with van der Waals surface area (Å²) in [6.45, 7) is 8.11. The number of esters is 2. The predicted octanol–water partition coefficient (Wildman–Crippen LogP) is 2.18. The molecule has 2 aromatic heterocycles. The molecule has 13 heteroatoms. The Balaban J connectivity index is 1.59. The average molecular weight is 612 g/mol. The van der Waals surface area contributed by atoms with Crippen molar-refractivity contribution in [1.29, 1.82) is 0 Å². The number of thiazole rings is 1. The molecule has 0 radical (unpaired) electrons. The molecule has 4 heterocycles. The number of rotatable bonds is 10. The summed E-state index contributed by atoms with van der Waals surface area (Å²) in [4.78, 5) is 46.0. The maximum absolute atomic E-state index is 14.0. The molecule has 1 fully saturated rings. The lowest BCUT2D eigenvalue weighted by Gasteiger charge is -2.26. The van der Waals surface area contributed by atoms with E-state index in [1.54, 1.807) is 38.1 Å². The van der Waals surface area contributed by atoms with Crippen molar-refractivity contribution in [1.82, 2.24) is 4.57 Å². The minimum Gasteiger partial charge on any atom is -0.490 e. The van der Waals surface area contributed by atoms with Gasteiger partial charge in [-0.15, -0.1) is 0 Å². The zero-order valence-corrected chi connectivity index (χ0v) is 25.2. The zero-order valence-electron chi connectivity index (χ0n) is 24.4. The van der Waals surface area contributed by atoms with E-state index in [9.17, 15) is 14.4 Å². The van der Waals surface area contributed by atoms with Crippen molar-refractivity contribution in [2.45, 2.75) is 26.8 Å². The van der Waals surface area contributed by atoms with Gasteiger partial charge in [0.25, 0.3) is 5.56 Å². The fourth-order valence-electron chi connectivity index (χ4n) is 4.89. The first kappa shape index (κ1) is 30.1. The largest absolute Gasteiger partial charge is 0.490 e. The van der Waals surface area contributed by atoms with Crippen LogP contribution in [0.15, 0.2) is 55.8 Å². The van der Waals surface area contributed by atoms with Gasteiger partial charge in [0.2, 0.25) is 0 Å². The zero-order chi connectivity index (χ0) is 30.5. The minimum absolute atomic E-state index is 0.154. The van der Waals surface area contributed by atoms with E-state index < -0.39 is 18.0 Å². The summed E-state index contributed by atoms with van der Waals surface area (Å²) in [6.07, 6.45) is 1.68. The number of hydrogen-bond donors (Lipinski definition) is 0. The van der Waals surface area contributed by atoms with Crippen molar-refractivity contribution in [3.05, 3.63) is 72.6 Å². The molecule has 43 heavy (non-hydrogen) atoms. The van der Waals surface area contributed by atoms with Gasteiger partial charge in [-0.2, -0.15) is 0 Å². The molecular weight excluding hydrogens is 578 g/mol. The third-order valence-corrected chi connectivity index (χ3v) is 7.87. The van der Waals surface area contributed by atoms with Gasteiger partial charge >= 0.3 is 11.9 Å². The summed E-state index contributed by atoms with van der Waals surface area (Å²) in [6, 6.07) is 7.88. The van der Waals surface area contributed by atoms with Crippen LogP contribution in [0.3, 0.4) is 0 Å². The Morgan fingerprint density at radius 2 is 1.88 bits per heavy atom. The van der Waals surface area contributed by atoms with Gasteiger partial charge in [-0.05, 0) is 44.5 Å². The van der Waals surface area contributed by atoms with Crippen molar-refractivity contribution in [3.63, 3.8) is 0 Å². The molecule has 1 saturated heterocycles. The summed E-state index contributed by atoms with van der Waals surface area (Å²) >= 11 is 1.20. The van der Waals surface area contributed by atoms with Gasteiger partial charge in [0.1, 0.15) is 5.76 Å². The van der Waals surface area contributed by atoms with Crippen LogP contribution in [0.25, 0.3) is 6.08 Å². The number of hydrogen-bond acceptors (Lipinski definition) is 12. The lowest BCUT2D eigenvalue weighted by Crippen LogP contribution is -2.40. The number of aromatic nitrogens is 1. The number of furan rings is 1. The maximum Gasteiger partial charge on any atom is 0.343 e. The normalized spacial score (nSPS) is 16.9. The van der Waals surface area contributed by atoms with Crippen LogP contribution in [-0.4, -0.2) is 69.7 Å². The summed E-state index contributed by atoms with van der Waals surface area (Å²) < 4.78 is 34.8. The minimum atomic E-state index is -0.855. The number of nitrogens with zero attached hydrogens (tertiary/aromatic N) is 3. The highest BCUT2D eigenvalue weighted by Crippen LogP contribution is 2.36. The van der Waals surface area contributed by atoms with Crippen LogP contribution < -0.4 is 29.3 Å². The quantitative estimate of drug-likeness (QED) is 0.315. The van der Waals surface area contributed by atoms with E-state index in [2.05, 4.69) is 14.6 Å². The highest BCUT2D eigenvalue weighted by atomic mass is 32.1. The standard InChI is InChI=1S/C30H33N3O9S/c1-5-39-22-15-19(7-9-21(22)41-17-25(34)37-4)27-26(29(36)40-6-2)18(3)31-30-33(27)28(35)23(43-30)16-20-8-10-24(42-20)32-11-13-38-14-12-32/h7-10,15-16,27H,5-6,11-14,17H2,1-4H3/b23-16-/t27-/m0/s1. The van der Waals surface area contributed by atoms with Crippen LogP contribution in [0, 0.1) is 0 Å². The lowest BCUT2D eigenvalue weighted by molar-refractivity contribution is -0.143. The molecule has 0 saturated carbocycles. The van der Waals surface area contributed by atoms with E-state index >= 15 is 0 Å². The third-order valence-electron chi connectivity index (χ3n) is 6.88. The number of carbonyl (C=O) groups excluding carboxylic acids is 2. The Kier molecular flexibility index (Phi) is 9.31. The number of carbonyl (C=O) groups is 2. The van der Waals surface area contributed by atoms with Crippen LogP contribution in [0.1, 0.15) is 38.1 Å². The van der Waals surface area contributed by atoms with Crippen LogP contribution in [0.4, 0.5) is 5.88 Å². The molecule has 228 valence electrons. The van der Waals surface area contributed by atoms with Crippen LogP contribution in [-0.2, 0) is 23.8 Å².